The normalized spacial score (nSPS) is 11.4. The first kappa shape index (κ1) is 18.2. The van der Waals surface area contributed by atoms with Crippen LogP contribution in [0.15, 0.2) is 71.2 Å². The maximum Gasteiger partial charge on any atom is 0.188 e. The number of furan rings is 1. The second-order valence-electron chi connectivity index (χ2n) is 6.62. The molecule has 0 unspecified atom stereocenters. The molecule has 2 aromatic heterocycles. The van der Waals surface area contributed by atoms with E-state index in [0.29, 0.717) is 22.0 Å². The summed E-state index contributed by atoms with van der Waals surface area (Å²) in [4.78, 5) is 17.8. The lowest BCUT2D eigenvalue weighted by molar-refractivity contribution is 0.104. The Bertz CT molecular complexity index is 1210. The maximum absolute atomic E-state index is 13.2. The van der Waals surface area contributed by atoms with Gasteiger partial charge in [0.05, 0.1) is 11.1 Å². The molecular formula is C24H18ClNO2. The summed E-state index contributed by atoms with van der Waals surface area (Å²) in [5.41, 5.74) is 3.85. The highest BCUT2D eigenvalue weighted by Crippen LogP contribution is 2.35. The van der Waals surface area contributed by atoms with E-state index in [2.05, 4.69) is 4.98 Å². The molecule has 3 nitrogen and oxygen atoms in total. The highest BCUT2D eigenvalue weighted by atomic mass is 35.5. The molecular weight excluding hydrogens is 370 g/mol. The zero-order chi connectivity index (χ0) is 19.7. The van der Waals surface area contributed by atoms with Gasteiger partial charge in [0.15, 0.2) is 5.78 Å². The van der Waals surface area contributed by atoms with Crippen LogP contribution in [0, 0.1) is 13.8 Å². The van der Waals surface area contributed by atoms with Crippen LogP contribution in [0.1, 0.15) is 27.6 Å². The van der Waals surface area contributed by atoms with E-state index in [-0.39, 0.29) is 5.78 Å². The Morgan fingerprint density at radius 3 is 2.54 bits per heavy atom. The van der Waals surface area contributed by atoms with E-state index in [1.165, 1.54) is 6.08 Å². The molecule has 2 aromatic carbocycles. The number of allylic oxidation sites excluding steroid dienone is 1. The first-order valence-corrected chi connectivity index (χ1v) is 9.35. The topological polar surface area (TPSA) is 43.1 Å². The molecule has 0 atom stereocenters. The van der Waals surface area contributed by atoms with Crippen molar-refractivity contribution in [3.05, 3.63) is 94.5 Å². The zero-order valence-electron chi connectivity index (χ0n) is 15.6. The minimum atomic E-state index is -0.125. The molecule has 4 aromatic rings. The number of aryl methyl sites for hydroxylation is 2. The van der Waals surface area contributed by atoms with Crippen molar-refractivity contribution < 1.29 is 9.21 Å². The Balaban J connectivity index is 1.93. The first-order valence-electron chi connectivity index (χ1n) is 8.97. The van der Waals surface area contributed by atoms with Crippen LogP contribution < -0.4 is 0 Å². The van der Waals surface area contributed by atoms with Crippen molar-refractivity contribution in [2.45, 2.75) is 13.8 Å². The highest BCUT2D eigenvalue weighted by Gasteiger charge is 2.19. The Labute approximate surface area is 168 Å². The number of carbonyl (C=O) groups is 1. The number of pyridine rings is 1. The summed E-state index contributed by atoms with van der Waals surface area (Å²) in [6.07, 6.45) is 3.22. The summed E-state index contributed by atoms with van der Waals surface area (Å²) in [6.45, 7) is 3.73. The van der Waals surface area contributed by atoms with E-state index >= 15 is 0 Å². The van der Waals surface area contributed by atoms with Crippen LogP contribution in [0.3, 0.4) is 0 Å². The first-order chi connectivity index (χ1) is 13.5. The Hall–Kier alpha value is -3.17. The quantitative estimate of drug-likeness (QED) is 0.290. The number of aromatic nitrogens is 1. The lowest BCUT2D eigenvalue weighted by Crippen LogP contribution is -2.05. The number of ketones is 1. The van der Waals surface area contributed by atoms with Gasteiger partial charge in [0.1, 0.15) is 11.5 Å². The molecule has 4 rings (SSSR count). The van der Waals surface area contributed by atoms with Crippen LogP contribution in [0.4, 0.5) is 0 Å². The number of nitrogens with zero attached hydrogens (tertiary/aromatic N) is 1. The molecule has 4 heteroatoms. The number of carbonyl (C=O) groups excluding carboxylic acids is 1. The molecule has 28 heavy (non-hydrogen) atoms. The highest BCUT2D eigenvalue weighted by molar-refractivity contribution is 6.31. The van der Waals surface area contributed by atoms with Gasteiger partial charge in [0.25, 0.3) is 0 Å². The molecule has 0 bridgehead atoms. The summed E-state index contributed by atoms with van der Waals surface area (Å²) in [6, 6.07) is 19.1. The zero-order valence-corrected chi connectivity index (χ0v) is 16.3. The van der Waals surface area contributed by atoms with Gasteiger partial charge in [0, 0.05) is 21.7 Å². The average molecular weight is 388 g/mol. The van der Waals surface area contributed by atoms with E-state index in [9.17, 15) is 4.79 Å². The van der Waals surface area contributed by atoms with Crippen molar-refractivity contribution in [2.75, 3.05) is 0 Å². The molecule has 0 radical (unpaired) electrons. The van der Waals surface area contributed by atoms with Gasteiger partial charge < -0.3 is 4.42 Å². The van der Waals surface area contributed by atoms with Crippen molar-refractivity contribution in [3.8, 4) is 11.1 Å². The minimum absolute atomic E-state index is 0.125. The second-order valence-corrected chi connectivity index (χ2v) is 7.06. The minimum Gasteiger partial charge on any atom is -0.462 e. The van der Waals surface area contributed by atoms with E-state index in [1.807, 2.05) is 74.5 Å². The van der Waals surface area contributed by atoms with Crippen molar-refractivity contribution in [1.82, 2.24) is 4.98 Å². The van der Waals surface area contributed by atoms with Gasteiger partial charge in [-0.1, -0.05) is 41.9 Å². The predicted octanol–water partition coefficient (Wildman–Crippen LogP) is 6.66. The monoisotopic (exact) mass is 387 g/mol. The molecule has 0 spiro atoms. The van der Waals surface area contributed by atoms with Crippen LogP contribution in [-0.4, -0.2) is 10.8 Å². The number of fused-ring (bicyclic) bond motifs is 1. The molecule has 2 heterocycles. The van der Waals surface area contributed by atoms with Gasteiger partial charge in [-0.25, -0.2) is 0 Å². The van der Waals surface area contributed by atoms with Gasteiger partial charge in [-0.3, -0.25) is 9.78 Å². The fraction of sp³-hybridized carbons (Fsp3) is 0.0833. The number of halogens is 1. The third-order valence-corrected chi connectivity index (χ3v) is 4.83. The standard InChI is InChI=1S/C24H18ClNO2/c1-15-8-10-19(28-15)11-13-22(27)23-16(2)26-21-12-9-18(25)14-20(21)24(23)17-6-4-3-5-7-17/h3-14H,1-2H3/b13-11+. The second kappa shape index (κ2) is 7.45. The lowest BCUT2D eigenvalue weighted by atomic mass is 9.92. The maximum atomic E-state index is 13.2. The Kier molecular flexibility index (Phi) is 4.84. The van der Waals surface area contributed by atoms with Crippen LogP contribution in [0.25, 0.3) is 28.1 Å². The summed E-state index contributed by atoms with van der Waals surface area (Å²) >= 11 is 6.25. The smallest absolute Gasteiger partial charge is 0.188 e. The molecule has 0 aliphatic rings. The third kappa shape index (κ3) is 3.49. The van der Waals surface area contributed by atoms with Crippen molar-refractivity contribution in [2.24, 2.45) is 0 Å². The van der Waals surface area contributed by atoms with Gasteiger partial charge in [0.2, 0.25) is 0 Å². The lowest BCUT2D eigenvalue weighted by Gasteiger charge is -2.14. The van der Waals surface area contributed by atoms with Crippen LogP contribution in [-0.2, 0) is 0 Å². The molecule has 0 aliphatic carbocycles. The van der Waals surface area contributed by atoms with Gasteiger partial charge >= 0.3 is 0 Å². The number of benzene rings is 2. The van der Waals surface area contributed by atoms with Crippen LogP contribution in [0.2, 0.25) is 5.02 Å². The van der Waals surface area contributed by atoms with E-state index in [1.54, 1.807) is 6.08 Å². The molecule has 0 amide bonds. The summed E-state index contributed by atoms with van der Waals surface area (Å²) in [7, 11) is 0. The molecule has 0 N–H and O–H groups in total. The summed E-state index contributed by atoms with van der Waals surface area (Å²) < 4.78 is 5.53. The van der Waals surface area contributed by atoms with Crippen molar-refractivity contribution >= 4 is 34.4 Å². The number of rotatable bonds is 4. The summed E-state index contributed by atoms with van der Waals surface area (Å²) in [5, 5.41) is 1.46. The van der Waals surface area contributed by atoms with Crippen LogP contribution in [0.5, 0.6) is 0 Å². The predicted molar refractivity (Wildman–Crippen MR) is 114 cm³/mol. The molecule has 138 valence electrons. The Morgan fingerprint density at radius 2 is 1.82 bits per heavy atom. The van der Waals surface area contributed by atoms with Crippen LogP contribution >= 0.6 is 11.6 Å². The SMILES string of the molecule is Cc1ccc(/C=C/C(=O)c2c(C)nc3ccc(Cl)cc3c2-c2ccccc2)o1. The van der Waals surface area contributed by atoms with E-state index < -0.39 is 0 Å². The van der Waals surface area contributed by atoms with Gasteiger partial charge in [-0.15, -0.1) is 0 Å². The summed E-state index contributed by atoms with van der Waals surface area (Å²) in [5.74, 6) is 1.32. The molecule has 0 saturated carbocycles. The fourth-order valence-electron chi connectivity index (χ4n) is 3.35. The Morgan fingerprint density at radius 1 is 1.04 bits per heavy atom. The number of hydrogen-bond acceptors (Lipinski definition) is 3. The van der Waals surface area contributed by atoms with Gasteiger partial charge in [-0.05, 0) is 61.9 Å². The average Bonchev–Trinajstić information content (AvgIpc) is 3.11. The molecule has 0 saturated heterocycles. The van der Waals surface area contributed by atoms with Gasteiger partial charge in [-0.2, -0.15) is 0 Å². The fourth-order valence-corrected chi connectivity index (χ4v) is 3.52. The van der Waals surface area contributed by atoms with E-state index in [4.69, 9.17) is 16.0 Å². The van der Waals surface area contributed by atoms with Crippen molar-refractivity contribution in [3.63, 3.8) is 0 Å². The molecule has 0 aliphatic heterocycles. The molecule has 0 fully saturated rings. The van der Waals surface area contributed by atoms with E-state index in [0.717, 1.165) is 27.8 Å². The largest absolute Gasteiger partial charge is 0.462 e. The third-order valence-electron chi connectivity index (χ3n) is 4.60. The van der Waals surface area contributed by atoms with Crippen molar-refractivity contribution in [1.29, 1.82) is 0 Å². The number of hydrogen-bond donors (Lipinski definition) is 0.